The molecule has 3 rings (SSSR count). The Morgan fingerprint density at radius 2 is 1.70 bits per heavy atom. The van der Waals surface area contributed by atoms with Crippen molar-refractivity contribution < 1.29 is 35.9 Å². The van der Waals surface area contributed by atoms with Crippen molar-refractivity contribution in [2.45, 2.75) is 56.8 Å². The monoisotopic (exact) mass is 653 g/mol. The lowest BCUT2D eigenvalue weighted by molar-refractivity contribution is -0.140. The molecule has 0 aliphatic rings. The van der Waals surface area contributed by atoms with Gasteiger partial charge in [-0.05, 0) is 60.9 Å². The summed E-state index contributed by atoms with van der Waals surface area (Å²) in [6.45, 7) is 3.07. The van der Waals surface area contributed by atoms with Gasteiger partial charge in [0, 0.05) is 13.1 Å². The van der Waals surface area contributed by atoms with E-state index in [0.29, 0.717) is 34.7 Å². The van der Waals surface area contributed by atoms with Crippen LogP contribution in [-0.4, -0.2) is 51.4 Å². The van der Waals surface area contributed by atoms with E-state index in [2.05, 4.69) is 5.32 Å². The average molecular weight is 654 g/mol. The number of methoxy groups -OCH3 is 1. The molecule has 0 heterocycles. The highest BCUT2D eigenvalue weighted by Crippen LogP contribution is 2.38. The maximum atomic E-state index is 14.1. The van der Waals surface area contributed by atoms with Crippen molar-refractivity contribution in [1.82, 2.24) is 10.2 Å². The lowest BCUT2D eigenvalue weighted by Crippen LogP contribution is -2.52. The molecular weight excluding hydrogens is 619 g/mol. The molecule has 8 nitrogen and oxygen atoms in total. The summed E-state index contributed by atoms with van der Waals surface area (Å²) in [6, 6.07) is 15.5. The zero-order valence-electron chi connectivity index (χ0n) is 24.6. The summed E-state index contributed by atoms with van der Waals surface area (Å²) in [5.74, 6) is -0.724. The van der Waals surface area contributed by atoms with Crippen LogP contribution in [0.1, 0.15) is 44.2 Å². The van der Waals surface area contributed by atoms with E-state index in [9.17, 15) is 31.2 Å². The molecule has 13 heteroatoms. The van der Waals surface area contributed by atoms with Gasteiger partial charge < -0.3 is 15.0 Å². The van der Waals surface area contributed by atoms with Gasteiger partial charge in [0.05, 0.1) is 28.3 Å². The first-order chi connectivity index (χ1) is 20.8. The highest BCUT2D eigenvalue weighted by Gasteiger charge is 2.37. The number of nitrogens with one attached hydrogen (secondary N) is 1. The third-order valence-electron chi connectivity index (χ3n) is 6.86. The minimum absolute atomic E-state index is 0.0939. The number of benzene rings is 3. The number of sulfonamides is 1. The lowest BCUT2D eigenvalue weighted by Gasteiger charge is -2.33. The predicted molar refractivity (Wildman–Crippen MR) is 163 cm³/mol. The maximum absolute atomic E-state index is 14.1. The zero-order chi connectivity index (χ0) is 32.5. The van der Waals surface area contributed by atoms with Crippen LogP contribution >= 0.6 is 11.6 Å². The standard InChI is InChI=1S/C31H35ClF3N3O5S/c1-4-6-17-36-30(40)28(5-2)37(20-22-11-10-12-24(18-22)43-3)29(39)21-38(44(41,42)25-13-8-7-9-14-25)23-15-16-27(32)26(19-23)31(33,34)35/h7-16,18-19,28H,4-6,17,20-21H2,1-3H3,(H,36,40)/t28-/m1/s1. The first-order valence-corrected chi connectivity index (χ1v) is 15.8. The number of ether oxygens (including phenoxy) is 1. The van der Waals surface area contributed by atoms with Crippen molar-refractivity contribution in [3.8, 4) is 5.75 Å². The number of hydrogen-bond acceptors (Lipinski definition) is 5. The molecule has 0 aliphatic heterocycles. The van der Waals surface area contributed by atoms with Crippen molar-refractivity contribution in [3.63, 3.8) is 0 Å². The largest absolute Gasteiger partial charge is 0.497 e. The van der Waals surface area contributed by atoms with Gasteiger partial charge in [0.2, 0.25) is 11.8 Å². The summed E-state index contributed by atoms with van der Waals surface area (Å²) in [7, 11) is -3.08. The summed E-state index contributed by atoms with van der Waals surface area (Å²) < 4.78 is 75.0. The van der Waals surface area contributed by atoms with Crippen molar-refractivity contribution in [3.05, 3.63) is 88.9 Å². The molecule has 0 fully saturated rings. The highest BCUT2D eigenvalue weighted by molar-refractivity contribution is 7.92. The molecule has 44 heavy (non-hydrogen) atoms. The molecule has 3 aromatic carbocycles. The summed E-state index contributed by atoms with van der Waals surface area (Å²) in [6.07, 6.45) is -3.15. The molecule has 0 saturated carbocycles. The van der Waals surface area contributed by atoms with Crippen LogP contribution < -0.4 is 14.4 Å². The van der Waals surface area contributed by atoms with Gasteiger partial charge in [-0.1, -0.05) is 62.2 Å². The number of rotatable bonds is 14. The van der Waals surface area contributed by atoms with Gasteiger partial charge >= 0.3 is 6.18 Å². The smallest absolute Gasteiger partial charge is 0.417 e. The van der Waals surface area contributed by atoms with Gasteiger partial charge in [-0.15, -0.1) is 0 Å². The van der Waals surface area contributed by atoms with Crippen LogP contribution in [0.4, 0.5) is 18.9 Å². The van der Waals surface area contributed by atoms with E-state index in [1.165, 1.54) is 36.3 Å². The molecular formula is C31H35ClF3N3O5S. The van der Waals surface area contributed by atoms with Crippen LogP contribution in [0.25, 0.3) is 0 Å². The number of carbonyl (C=O) groups excluding carboxylic acids is 2. The topological polar surface area (TPSA) is 96.0 Å². The van der Waals surface area contributed by atoms with E-state index in [-0.39, 0.29) is 17.9 Å². The average Bonchev–Trinajstić information content (AvgIpc) is 3.00. The fourth-order valence-electron chi connectivity index (χ4n) is 4.53. The minimum atomic E-state index is -4.89. The number of amides is 2. The maximum Gasteiger partial charge on any atom is 0.417 e. The van der Waals surface area contributed by atoms with Gasteiger partial charge in [0.1, 0.15) is 18.3 Å². The first-order valence-electron chi connectivity index (χ1n) is 14.0. The number of halogens is 4. The summed E-state index contributed by atoms with van der Waals surface area (Å²) in [4.78, 5) is 28.4. The molecule has 0 aliphatic carbocycles. The third kappa shape index (κ3) is 8.66. The number of anilines is 1. The van der Waals surface area contributed by atoms with Crippen LogP contribution in [0.3, 0.4) is 0 Å². The molecule has 1 atom stereocenters. The second-order valence-corrected chi connectivity index (χ2v) is 12.2. The molecule has 0 bridgehead atoms. The predicted octanol–water partition coefficient (Wildman–Crippen LogP) is 6.29. The molecule has 3 aromatic rings. The van der Waals surface area contributed by atoms with Crippen LogP contribution in [0.5, 0.6) is 5.75 Å². The zero-order valence-corrected chi connectivity index (χ0v) is 26.2. The summed E-state index contributed by atoms with van der Waals surface area (Å²) in [5.41, 5.74) is -1.08. The molecule has 0 saturated heterocycles. The molecule has 0 aromatic heterocycles. The Balaban J connectivity index is 2.12. The molecule has 0 radical (unpaired) electrons. The molecule has 2 amide bonds. The van der Waals surface area contributed by atoms with Gasteiger partial charge in [0.25, 0.3) is 10.0 Å². The Hall–Kier alpha value is -3.77. The van der Waals surface area contributed by atoms with Crippen LogP contribution in [-0.2, 0) is 32.3 Å². The van der Waals surface area contributed by atoms with Crippen LogP contribution in [0, 0.1) is 0 Å². The van der Waals surface area contributed by atoms with Crippen molar-refractivity contribution in [1.29, 1.82) is 0 Å². The Morgan fingerprint density at radius 1 is 1.00 bits per heavy atom. The number of unbranched alkanes of at least 4 members (excludes halogenated alkanes) is 1. The second-order valence-electron chi connectivity index (χ2n) is 9.93. The van der Waals surface area contributed by atoms with Gasteiger partial charge in [-0.3, -0.25) is 13.9 Å². The summed E-state index contributed by atoms with van der Waals surface area (Å²) >= 11 is 5.82. The van der Waals surface area contributed by atoms with E-state index < -0.39 is 56.9 Å². The van der Waals surface area contributed by atoms with Gasteiger partial charge in [0.15, 0.2) is 0 Å². The van der Waals surface area contributed by atoms with Crippen molar-refractivity contribution in [2.75, 3.05) is 24.5 Å². The number of nitrogens with zero attached hydrogens (tertiary/aromatic N) is 2. The van der Waals surface area contributed by atoms with E-state index in [4.69, 9.17) is 16.3 Å². The Morgan fingerprint density at radius 3 is 2.32 bits per heavy atom. The van der Waals surface area contributed by atoms with E-state index in [1.807, 2.05) is 6.92 Å². The van der Waals surface area contributed by atoms with Crippen molar-refractivity contribution >= 4 is 39.1 Å². The van der Waals surface area contributed by atoms with Gasteiger partial charge in [-0.2, -0.15) is 13.2 Å². The molecule has 238 valence electrons. The Kier molecular flexibility index (Phi) is 12.1. The molecule has 1 N–H and O–H groups in total. The normalized spacial score (nSPS) is 12.3. The van der Waals surface area contributed by atoms with Gasteiger partial charge in [-0.25, -0.2) is 8.42 Å². The lowest BCUT2D eigenvalue weighted by atomic mass is 10.1. The molecule has 0 spiro atoms. The van der Waals surface area contributed by atoms with Crippen molar-refractivity contribution in [2.24, 2.45) is 0 Å². The highest BCUT2D eigenvalue weighted by atomic mass is 35.5. The minimum Gasteiger partial charge on any atom is -0.497 e. The number of carbonyl (C=O) groups is 2. The third-order valence-corrected chi connectivity index (χ3v) is 8.97. The Bertz CT molecular complexity index is 1540. The Labute approximate surface area is 260 Å². The first kappa shape index (κ1) is 34.7. The SMILES string of the molecule is CCCCNC(=O)[C@@H](CC)N(Cc1cccc(OC)c1)C(=O)CN(c1ccc(Cl)c(C(F)(F)F)c1)S(=O)(=O)c1ccccc1. The number of alkyl halides is 3. The van der Waals surface area contributed by atoms with Crippen LogP contribution in [0.2, 0.25) is 5.02 Å². The van der Waals surface area contributed by atoms with Crippen LogP contribution in [0.15, 0.2) is 77.7 Å². The van der Waals surface area contributed by atoms with E-state index in [1.54, 1.807) is 37.3 Å². The quantitative estimate of drug-likeness (QED) is 0.207. The fourth-order valence-corrected chi connectivity index (χ4v) is 6.18. The fraction of sp³-hybridized carbons (Fsp3) is 0.355. The number of hydrogen-bond donors (Lipinski definition) is 1. The van der Waals surface area contributed by atoms with E-state index in [0.717, 1.165) is 18.6 Å². The van der Waals surface area contributed by atoms with E-state index >= 15 is 0 Å². The summed E-state index contributed by atoms with van der Waals surface area (Å²) in [5, 5.41) is 2.19. The molecule has 0 unspecified atom stereocenters. The second kappa shape index (κ2) is 15.3.